The summed E-state index contributed by atoms with van der Waals surface area (Å²) >= 11 is 14.1. The number of carbonyl (C=O) groups is 8. The first-order chi connectivity index (χ1) is 47.7. The molecule has 5 aromatic carbocycles. The summed E-state index contributed by atoms with van der Waals surface area (Å²) in [7, 11) is 1.47. The lowest BCUT2D eigenvalue weighted by atomic mass is 9.86. The summed E-state index contributed by atoms with van der Waals surface area (Å²) in [6.45, 7) is 5.66. The first kappa shape index (κ1) is 74.5. The molecule has 0 saturated carbocycles. The van der Waals surface area contributed by atoms with Gasteiger partial charge in [-0.15, -0.1) is 0 Å². The van der Waals surface area contributed by atoms with Crippen LogP contribution in [0.4, 0.5) is 0 Å². The fourth-order valence-corrected chi connectivity index (χ4v) is 12.9. The number of fused-ring (bicyclic) bond motifs is 15. The van der Waals surface area contributed by atoms with Gasteiger partial charge in [-0.3, -0.25) is 33.6 Å². The number of halogens is 2. The number of aromatic hydroxyl groups is 3. The molecular formula is C66H75Cl2N9O24. The molecule has 7 heterocycles. The Morgan fingerprint density at radius 2 is 1.32 bits per heavy atom. The molecule has 5 aromatic rings. The lowest BCUT2D eigenvalue weighted by Gasteiger charge is -2.47. The lowest BCUT2D eigenvalue weighted by Crippen LogP contribution is -2.64. The first-order valence-electron chi connectivity index (χ1n) is 31.6. The smallest absolute Gasteiger partial charge is 0.330 e. The van der Waals surface area contributed by atoms with E-state index in [4.69, 9.17) is 63.1 Å². The monoisotopic (exact) mass is 1450 g/mol. The number of nitrogens with one attached hydrogen (secondary N) is 7. The minimum atomic E-state index is -2.35. The van der Waals surface area contributed by atoms with E-state index in [1.807, 2.05) is 13.8 Å². The topological polar surface area (TPSA) is 530 Å². The Labute approximate surface area is 584 Å². The van der Waals surface area contributed by atoms with E-state index in [0.29, 0.717) is 0 Å². The standard InChI is InChI=1S/C66H75Cl2N9O24/c1-23(2)12-34(71-5)58(88)76-49-51(83)26-7-10-38(32(67)14-26)97-40-16-28-17-41(55(40)101-65-56(54(86)53(85)42(22-78)99-65)100-44-21-66(4,70)57(87)24(3)96-44)98-39-11-8-27(15-33(39)68)52(84)50-63(93)75-48(64(94)95)31-18-29(79)19-37(81)45(31)30-13-25(6-9-36(30)80)46(60(90)77-50)74-61(91)47(28)73-59(89)35(20-43(69)82)72-62(49)92/h6-11,13-19,23-24,34-35,42,44,46-54,56-57,65,71,78-81,83-87H,12,20-22,70H2,1-5H3,(H2,69,82)(H,72,92)(H,73,89)(H,74,91)(H,75,93)(H,76,88)(H,77,90)(H,94,95)/t24-,34+,35-,42-,44-,46+,47+,48-,49+,50-,51+,52+,53-,54+,56-,57+,65+,66-/m0/s1. The third-order valence-electron chi connectivity index (χ3n) is 17.8. The molecule has 7 aliphatic rings. The Hall–Kier alpha value is -9.20. The van der Waals surface area contributed by atoms with Crippen molar-refractivity contribution in [3.05, 3.63) is 117 Å². The fourth-order valence-electron chi connectivity index (χ4n) is 12.5. The number of hydrogen-bond donors (Lipinski definition) is 19. The van der Waals surface area contributed by atoms with Crippen LogP contribution in [0.1, 0.15) is 105 Å². The van der Waals surface area contributed by atoms with E-state index < -0.39 is 237 Å². The quantitative estimate of drug-likeness (QED) is 0.0743. The zero-order chi connectivity index (χ0) is 73.5. The number of hydrogen-bond acceptors (Lipinski definition) is 25. The number of aliphatic carboxylic acids is 1. The first-order valence-corrected chi connectivity index (χ1v) is 32.4. The number of amides is 7. The number of rotatable bonds is 13. The highest BCUT2D eigenvalue weighted by atomic mass is 35.5. The number of aliphatic hydroxyl groups is 6. The molecule has 2 saturated heterocycles. The summed E-state index contributed by atoms with van der Waals surface area (Å²) in [5.74, 6) is -16.0. The number of aliphatic hydroxyl groups excluding tert-OH is 6. The van der Waals surface area contributed by atoms with Crippen molar-refractivity contribution in [3.8, 4) is 57.1 Å². The van der Waals surface area contributed by atoms with Gasteiger partial charge in [-0.1, -0.05) is 55.2 Å². The van der Waals surface area contributed by atoms with Gasteiger partial charge in [-0.05, 0) is 110 Å². The predicted molar refractivity (Wildman–Crippen MR) is 349 cm³/mol. The van der Waals surface area contributed by atoms with Gasteiger partial charge in [0, 0.05) is 34.7 Å². The zero-order valence-electron chi connectivity index (χ0n) is 54.3. The van der Waals surface area contributed by atoms with Gasteiger partial charge in [0.2, 0.25) is 53.4 Å². The SMILES string of the molecule is CN[C@H](CC(C)C)C(=O)N[C@H]1C(=O)N[C@@H](CC(N)=O)C(=O)N[C@H]2C(=O)N[C@H]3C(=O)N[C@H](C(=O)N[C@H](C(=O)O)c4cc(O)cc(O)c4-c4cc3ccc4O)[C@H](O)c3ccc(c(Cl)c3)Oc3cc2cc(c3O[C@H]2O[C@@H](CO)[C@H](O)[C@@H](O)[C@@H]2O[C@H]2C[C@](C)(N)[C@H](O)[C@H](C)O2)Oc2ccc(cc2Cl)[C@H]1O. The van der Waals surface area contributed by atoms with E-state index in [9.17, 15) is 75.0 Å². The normalized spacial score (nSPS) is 29.4. The van der Waals surface area contributed by atoms with Crippen LogP contribution in [0.2, 0.25) is 10.0 Å². The third-order valence-corrected chi connectivity index (χ3v) is 18.4. The third kappa shape index (κ3) is 15.8. The minimum absolute atomic E-state index is 0.0975. The number of ether oxygens (including phenoxy) is 6. The summed E-state index contributed by atoms with van der Waals surface area (Å²) in [5.41, 5.74) is 8.00. The minimum Gasteiger partial charge on any atom is -0.508 e. The maximum absolute atomic E-state index is 16.0. The van der Waals surface area contributed by atoms with Crippen molar-refractivity contribution < 1.29 is 118 Å². The number of likely N-dealkylation sites (N-methyl/N-ethyl adjacent to an activating group) is 1. The Bertz CT molecular complexity index is 4070. The molecule has 18 atom stereocenters. The largest absolute Gasteiger partial charge is 0.508 e. The number of phenols is 3. The van der Waals surface area contributed by atoms with Gasteiger partial charge in [-0.25, -0.2) is 4.79 Å². The maximum Gasteiger partial charge on any atom is 0.330 e. The Morgan fingerprint density at radius 1 is 0.713 bits per heavy atom. The van der Waals surface area contributed by atoms with E-state index in [-0.39, 0.29) is 46.2 Å². The van der Waals surface area contributed by atoms with Gasteiger partial charge in [0.1, 0.15) is 89.5 Å². The van der Waals surface area contributed by atoms with E-state index in [0.717, 1.165) is 66.7 Å². The van der Waals surface area contributed by atoms with Crippen molar-refractivity contribution in [1.29, 1.82) is 0 Å². The van der Waals surface area contributed by atoms with Crippen LogP contribution >= 0.6 is 23.2 Å². The maximum atomic E-state index is 16.0. The molecule has 7 amide bonds. The average molecular weight is 1450 g/mol. The van der Waals surface area contributed by atoms with Crippen molar-refractivity contribution in [2.45, 2.75) is 156 Å². The molecule has 11 bridgehead atoms. The highest BCUT2D eigenvalue weighted by Gasteiger charge is 2.51. The molecule has 12 rings (SSSR count). The Kier molecular flexibility index (Phi) is 22.2. The molecule has 35 heteroatoms. The summed E-state index contributed by atoms with van der Waals surface area (Å²) < 4.78 is 38.3. The molecule has 0 aromatic heterocycles. The van der Waals surface area contributed by atoms with E-state index in [1.54, 1.807) is 0 Å². The van der Waals surface area contributed by atoms with Crippen molar-refractivity contribution in [3.63, 3.8) is 0 Å². The van der Waals surface area contributed by atoms with E-state index in [1.165, 1.54) is 33.0 Å². The Morgan fingerprint density at radius 3 is 1.90 bits per heavy atom. The highest BCUT2D eigenvalue weighted by molar-refractivity contribution is 6.32. The molecule has 101 heavy (non-hydrogen) atoms. The van der Waals surface area contributed by atoms with Gasteiger partial charge in [0.15, 0.2) is 29.9 Å². The summed E-state index contributed by atoms with van der Waals surface area (Å²) in [5, 5.41) is 131. The van der Waals surface area contributed by atoms with Crippen LogP contribution in [0.3, 0.4) is 0 Å². The second-order valence-electron chi connectivity index (χ2n) is 25.7. The molecule has 33 nitrogen and oxygen atoms in total. The van der Waals surface area contributed by atoms with E-state index >= 15 is 14.4 Å². The number of carbonyl (C=O) groups excluding carboxylic acids is 7. The van der Waals surface area contributed by atoms with Crippen LogP contribution in [-0.2, 0) is 52.6 Å². The second kappa shape index (κ2) is 30.2. The fraction of sp³-hybridized carbons (Fsp3) is 0.424. The van der Waals surface area contributed by atoms with Crippen LogP contribution in [0.15, 0.2) is 78.9 Å². The van der Waals surface area contributed by atoms with Gasteiger partial charge in [-0.2, -0.15) is 0 Å². The van der Waals surface area contributed by atoms with E-state index in [2.05, 4.69) is 37.2 Å². The molecule has 2 fully saturated rings. The van der Waals surface area contributed by atoms with Crippen LogP contribution in [-0.4, -0.2) is 191 Å². The van der Waals surface area contributed by atoms with Crippen LogP contribution in [0, 0.1) is 5.92 Å². The molecule has 0 unspecified atom stereocenters. The van der Waals surface area contributed by atoms with Crippen LogP contribution in [0.5, 0.6) is 46.0 Å². The molecule has 0 radical (unpaired) electrons. The van der Waals surface area contributed by atoms with Gasteiger partial charge < -0.3 is 128 Å². The van der Waals surface area contributed by atoms with Crippen LogP contribution in [0.25, 0.3) is 11.1 Å². The number of carboxylic acids is 1. The van der Waals surface area contributed by atoms with Crippen molar-refractivity contribution in [1.82, 2.24) is 37.2 Å². The van der Waals surface area contributed by atoms with Gasteiger partial charge >= 0.3 is 5.97 Å². The number of phenolic OH excluding ortho intramolecular Hbond substituents is 3. The number of benzene rings is 5. The summed E-state index contributed by atoms with van der Waals surface area (Å²) in [4.78, 5) is 117. The molecule has 0 spiro atoms. The zero-order valence-corrected chi connectivity index (χ0v) is 55.8. The average Bonchev–Trinajstić information content (AvgIpc) is 0.775. The van der Waals surface area contributed by atoms with Crippen LogP contribution < -0.4 is 62.9 Å². The Balaban J connectivity index is 1.24. The van der Waals surface area contributed by atoms with Gasteiger partial charge in [0.05, 0.1) is 41.3 Å². The molecular weight excluding hydrogens is 1370 g/mol. The van der Waals surface area contributed by atoms with Crippen molar-refractivity contribution in [2.24, 2.45) is 17.4 Å². The number of nitrogens with two attached hydrogens (primary N) is 2. The molecule has 0 aliphatic carbocycles. The molecule has 21 N–H and O–H groups in total. The number of primary amides is 1. The summed E-state index contributed by atoms with van der Waals surface area (Å²) in [6, 6.07) is -0.679. The molecule has 7 aliphatic heterocycles. The van der Waals surface area contributed by atoms with Gasteiger partial charge in [0.25, 0.3) is 0 Å². The lowest BCUT2D eigenvalue weighted by molar-refractivity contribution is -0.333. The second-order valence-corrected chi connectivity index (χ2v) is 26.5. The molecule has 542 valence electrons. The predicted octanol–water partition coefficient (Wildman–Crippen LogP) is 0.106. The highest BCUT2D eigenvalue weighted by Crippen LogP contribution is 2.50. The van der Waals surface area contributed by atoms with Crippen molar-refractivity contribution in [2.75, 3.05) is 13.7 Å². The number of carboxylic acid groups (broad SMARTS) is 1. The summed E-state index contributed by atoms with van der Waals surface area (Å²) in [6.07, 6.45) is -18.6. The van der Waals surface area contributed by atoms with Crippen molar-refractivity contribution >= 4 is 70.5 Å².